The lowest BCUT2D eigenvalue weighted by Gasteiger charge is -2.16. The Kier molecular flexibility index (Phi) is 4.55. The van der Waals surface area contributed by atoms with Crippen LogP contribution in [0.2, 0.25) is 0 Å². The second-order valence-electron chi connectivity index (χ2n) is 6.10. The molecule has 1 aromatic heterocycles. The normalized spacial score (nSPS) is 13.7. The van der Waals surface area contributed by atoms with Crippen molar-refractivity contribution in [2.24, 2.45) is 0 Å². The van der Waals surface area contributed by atoms with Gasteiger partial charge in [-0.05, 0) is 38.7 Å². The predicted molar refractivity (Wildman–Crippen MR) is 91.8 cm³/mol. The van der Waals surface area contributed by atoms with E-state index in [0.717, 1.165) is 33.6 Å². The van der Waals surface area contributed by atoms with E-state index in [4.69, 9.17) is 4.42 Å². The molecule has 23 heavy (non-hydrogen) atoms. The van der Waals surface area contributed by atoms with Crippen molar-refractivity contribution < 1.29 is 9.21 Å². The van der Waals surface area contributed by atoms with E-state index in [1.54, 1.807) is 0 Å². The Labute approximate surface area is 144 Å². The maximum absolute atomic E-state index is 12.2. The maximum Gasteiger partial charge on any atom is 0.226 e. The highest BCUT2D eigenvalue weighted by Crippen LogP contribution is 2.32. The average molecular weight is 378 g/mol. The first-order valence-electron chi connectivity index (χ1n) is 7.62. The van der Waals surface area contributed by atoms with Crippen LogP contribution in [0.3, 0.4) is 0 Å². The van der Waals surface area contributed by atoms with Crippen molar-refractivity contribution in [2.75, 3.05) is 20.6 Å². The van der Waals surface area contributed by atoms with E-state index in [-0.39, 0.29) is 5.91 Å². The third-order valence-corrected chi connectivity index (χ3v) is 4.94. The van der Waals surface area contributed by atoms with Gasteiger partial charge in [0.2, 0.25) is 11.8 Å². The van der Waals surface area contributed by atoms with Crippen LogP contribution in [-0.4, -0.2) is 41.3 Å². The molecule has 0 saturated carbocycles. The summed E-state index contributed by atoms with van der Waals surface area (Å²) in [6, 6.07) is 5.97. The summed E-state index contributed by atoms with van der Waals surface area (Å²) in [7, 11) is 3.94. The topological polar surface area (TPSA) is 49.6 Å². The van der Waals surface area contributed by atoms with Crippen molar-refractivity contribution in [3.8, 4) is 11.5 Å². The molecule has 1 aliphatic rings. The van der Waals surface area contributed by atoms with Gasteiger partial charge in [-0.15, -0.1) is 0 Å². The number of nitrogens with zero attached hydrogens (tertiary/aromatic N) is 3. The summed E-state index contributed by atoms with van der Waals surface area (Å²) in [6.07, 6.45) is 0.523. The molecule has 0 spiro atoms. The number of rotatable bonds is 4. The summed E-state index contributed by atoms with van der Waals surface area (Å²) in [5.41, 5.74) is 2.96. The fourth-order valence-electron chi connectivity index (χ4n) is 2.65. The summed E-state index contributed by atoms with van der Waals surface area (Å²) in [5, 5.41) is 0. The molecule has 0 unspecified atom stereocenters. The highest BCUT2D eigenvalue weighted by Gasteiger charge is 2.29. The molecule has 2 aromatic rings. The van der Waals surface area contributed by atoms with Gasteiger partial charge in [-0.3, -0.25) is 4.79 Å². The molecule has 6 heteroatoms. The lowest BCUT2D eigenvalue weighted by atomic mass is 10.1. The molecule has 0 saturated heterocycles. The number of carbonyl (C=O) groups is 1. The minimum Gasteiger partial charge on any atom is -0.439 e. The molecule has 0 fully saturated rings. The first-order chi connectivity index (χ1) is 11.0. The van der Waals surface area contributed by atoms with Crippen molar-refractivity contribution in [3.05, 3.63) is 39.7 Å². The molecule has 5 nitrogen and oxygen atoms in total. The SMILES string of the molecule is Cc1c(Br)cccc1-c1nc2c(o1)CN(C(=O)CCN(C)C)C2. The fraction of sp³-hybridized carbons (Fsp3) is 0.412. The van der Waals surface area contributed by atoms with Gasteiger partial charge >= 0.3 is 0 Å². The summed E-state index contributed by atoms with van der Waals surface area (Å²) >= 11 is 3.53. The predicted octanol–water partition coefficient (Wildman–Crippen LogP) is 3.21. The van der Waals surface area contributed by atoms with Gasteiger partial charge in [-0.2, -0.15) is 0 Å². The number of benzene rings is 1. The molecule has 3 rings (SSSR count). The number of oxazole rings is 1. The molecule has 1 amide bonds. The van der Waals surface area contributed by atoms with E-state index in [1.165, 1.54) is 0 Å². The Hall–Kier alpha value is -1.66. The molecule has 0 aliphatic carbocycles. The van der Waals surface area contributed by atoms with Gasteiger partial charge in [0.1, 0.15) is 11.5 Å². The van der Waals surface area contributed by atoms with Crippen molar-refractivity contribution in [1.29, 1.82) is 0 Å². The maximum atomic E-state index is 12.2. The summed E-state index contributed by atoms with van der Waals surface area (Å²) < 4.78 is 6.95. The lowest BCUT2D eigenvalue weighted by Crippen LogP contribution is -2.28. The molecule has 1 aliphatic heterocycles. The molecule has 1 aromatic carbocycles. The van der Waals surface area contributed by atoms with Crippen molar-refractivity contribution in [1.82, 2.24) is 14.8 Å². The summed E-state index contributed by atoms with van der Waals surface area (Å²) in [4.78, 5) is 20.6. The molecule has 0 bridgehead atoms. The van der Waals surface area contributed by atoms with E-state index in [2.05, 4.69) is 20.9 Å². The second-order valence-corrected chi connectivity index (χ2v) is 6.96. The van der Waals surface area contributed by atoms with E-state index in [9.17, 15) is 4.79 Å². The highest BCUT2D eigenvalue weighted by atomic mass is 79.9. The number of fused-ring (bicyclic) bond motifs is 1. The van der Waals surface area contributed by atoms with Crippen molar-refractivity contribution >= 4 is 21.8 Å². The van der Waals surface area contributed by atoms with Gasteiger partial charge in [0, 0.05) is 23.0 Å². The zero-order valence-electron chi connectivity index (χ0n) is 13.6. The van der Waals surface area contributed by atoms with Gasteiger partial charge in [0.15, 0.2) is 0 Å². The van der Waals surface area contributed by atoms with E-state index >= 15 is 0 Å². The van der Waals surface area contributed by atoms with Crippen LogP contribution in [0.1, 0.15) is 23.4 Å². The van der Waals surface area contributed by atoms with Crippen LogP contribution in [0.5, 0.6) is 0 Å². The van der Waals surface area contributed by atoms with Crippen molar-refractivity contribution in [3.63, 3.8) is 0 Å². The first-order valence-corrected chi connectivity index (χ1v) is 8.41. The molecule has 2 heterocycles. The quantitative estimate of drug-likeness (QED) is 0.820. The third-order valence-electron chi connectivity index (χ3n) is 4.08. The van der Waals surface area contributed by atoms with Crippen LogP contribution in [0.25, 0.3) is 11.5 Å². The molecule has 0 radical (unpaired) electrons. The molecular formula is C17H20BrN3O2. The minimum absolute atomic E-state index is 0.145. The van der Waals surface area contributed by atoms with Crippen molar-refractivity contribution in [2.45, 2.75) is 26.4 Å². The number of amides is 1. The molecule has 0 atom stereocenters. The second kappa shape index (κ2) is 6.45. The summed E-state index contributed by atoms with van der Waals surface area (Å²) in [6.45, 7) is 3.85. The standard InChI is InChI=1S/C17H20BrN3O2/c1-11-12(5-4-6-13(11)18)17-19-14-9-21(10-15(14)23-17)16(22)7-8-20(2)3/h4-6H,7-10H2,1-3H3. The fourth-order valence-corrected chi connectivity index (χ4v) is 3.01. The van der Waals surface area contributed by atoms with Crippen LogP contribution < -0.4 is 0 Å². The number of hydrogen-bond donors (Lipinski definition) is 0. The number of carbonyl (C=O) groups excluding carboxylic acids is 1. The highest BCUT2D eigenvalue weighted by molar-refractivity contribution is 9.10. The molecule has 122 valence electrons. The number of halogens is 1. The average Bonchev–Trinajstić information content (AvgIpc) is 3.06. The Balaban J connectivity index is 1.73. The van der Waals surface area contributed by atoms with Crippen LogP contribution >= 0.6 is 15.9 Å². The van der Waals surface area contributed by atoms with Gasteiger partial charge in [-0.25, -0.2) is 4.98 Å². The van der Waals surface area contributed by atoms with Gasteiger partial charge in [0.05, 0.1) is 13.1 Å². The molecule has 0 N–H and O–H groups in total. The lowest BCUT2D eigenvalue weighted by molar-refractivity contribution is -0.132. The van der Waals surface area contributed by atoms with E-state index in [0.29, 0.717) is 25.4 Å². The third kappa shape index (κ3) is 3.33. The Morgan fingerprint density at radius 2 is 2.17 bits per heavy atom. The van der Waals surface area contributed by atoms with E-state index in [1.807, 2.05) is 49.0 Å². The summed E-state index contributed by atoms with van der Waals surface area (Å²) in [5.74, 6) is 1.58. The number of aromatic nitrogens is 1. The number of hydrogen-bond acceptors (Lipinski definition) is 4. The Morgan fingerprint density at radius 1 is 1.39 bits per heavy atom. The van der Waals surface area contributed by atoms with Gasteiger partial charge in [0.25, 0.3) is 0 Å². The first kappa shape index (κ1) is 16.2. The Bertz CT molecular complexity index is 716. The van der Waals surface area contributed by atoms with Crippen LogP contribution in [0, 0.1) is 6.92 Å². The van der Waals surface area contributed by atoms with Crippen LogP contribution in [0.15, 0.2) is 27.1 Å². The molecular weight excluding hydrogens is 358 g/mol. The monoisotopic (exact) mass is 377 g/mol. The minimum atomic E-state index is 0.145. The van der Waals surface area contributed by atoms with Crippen LogP contribution in [0.4, 0.5) is 0 Å². The van der Waals surface area contributed by atoms with Crippen LogP contribution in [-0.2, 0) is 17.9 Å². The zero-order chi connectivity index (χ0) is 16.6. The van der Waals surface area contributed by atoms with E-state index < -0.39 is 0 Å². The smallest absolute Gasteiger partial charge is 0.226 e. The van der Waals surface area contributed by atoms with Gasteiger partial charge in [-0.1, -0.05) is 22.0 Å². The Morgan fingerprint density at radius 3 is 2.87 bits per heavy atom. The zero-order valence-corrected chi connectivity index (χ0v) is 15.2. The van der Waals surface area contributed by atoms with Gasteiger partial charge < -0.3 is 14.2 Å². The largest absolute Gasteiger partial charge is 0.439 e.